The zero-order valence-electron chi connectivity index (χ0n) is 8.25. The van der Waals surface area contributed by atoms with E-state index in [1.807, 2.05) is 0 Å². The fourth-order valence-electron chi connectivity index (χ4n) is 1.41. The van der Waals surface area contributed by atoms with Crippen LogP contribution in [0.2, 0.25) is 0 Å². The molecule has 2 rings (SSSR count). The Morgan fingerprint density at radius 3 is 2.44 bits per heavy atom. The topological polar surface area (TPSA) is 77.5 Å². The molecule has 1 aromatic heterocycles. The SMILES string of the molecule is O=[N+]([O-])c1ccc(-c2[nH+]cccc2O)cc1. The van der Waals surface area contributed by atoms with E-state index in [4.69, 9.17) is 0 Å². The Hall–Kier alpha value is -2.43. The van der Waals surface area contributed by atoms with Gasteiger partial charge in [0.1, 0.15) is 0 Å². The number of hydrogen-bond donors (Lipinski definition) is 1. The first kappa shape index (κ1) is 10.1. The Labute approximate surface area is 91.2 Å². The van der Waals surface area contributed by atoms with Crippen molar-refractivity contribution in [2.24, 2.45) is 0 Å². The third-order valence-electron chi connectivity index (χ3n) is 2.20. The van der Waals surface area contributed by atoms with Gasteiger partial charge in [-0.1, -0.05) is 0 Å². The summed E-state index contributed by atoms with van der Waals surface area (Å²) in [6, 6.07) is 9.19. The standard InChI is InChI=1S/C11H8N2O3/c14-10-2-1-7-12-11(10)8-3-5-9(6-4-8)13(15)16/h1-7,14H/p+1. The van der Waals surface area contributed by atoms with Gasteiger partial charge in [-0.25, -0.2) is 4.98 Å². The van der Waals surface area contributed by atoms with Crippen molar-refractivity contribution < 1.29 is 15.0 Å². The van der Waals surface area contributed by atoms with Crippen LogP contribution in [0.5, 0.6) is 5.75 Å². The summed E-state index contributed by atoms with van der Waals surface area (Å²) in [6.07, 6.45) is 1.68. The molecule has 5 heteroatoms. The van der Waals surface area contributed by atoms with Crippen molar-refractivity contribution in [3.63, 3.8) is 0 Å². The minimum atomic E-state index is -0.460. The molecule has 0 unspecified atom stereocenters. The van der Waals surface area contributed by atoms with Gasteiger partial charge in [0.15, 0.2) is 11.9 Å². The second-order valence-corrected chi connectivity index (χ2v) is 3.23. The van der Waals surface area contributed by atoms with Crippen LogP contribution in [0, 0.1) is 10.1 Å². The Bertz CT molecular complexity index is 523. The first-order valence-corrected chi connectivity index (χ1v) is 4.63. The predicted octanol–water partition coefficient (Wildman–Crippen LogP) is 1.78. The van der Waals surface area contributed by atoms with Crippen molar-refractivity contribution in [3.8, 4) is 17.0 Å². The molecule has 80 valence electrons. The van der Waals surface area contributed by atoms with Crippen LogP contribution in [0.1, 0.15) is 0 Å². The molecule has 0 saturated heterocycles. The van der Waals surface area contributed by atoms with Crippen molar-refractivity contribution in [3.05, 3.63) is 52.7 Å². The Balaban J connectivity index is 2.43. The molecule has 0 amide bonds. The maximum atomic E-state index is 10.5. The number of aromatic hydroxyl groups is 1. The molecule has 0 radical (unpaired) electrons. The summed E-state index contributed by atoms with van der Waals surface area (Å²) in [5, 5.41) is 20.0. The lowest BCUT2D eigenvalue weighted by molar-refractivity contribution is -0.384. The van der Waals surface area contributed by atoms with Crippen LogP contribution >= 0.6 is 0 Å². The highest BCUT2D eigenvalue weighted by atomic mass is 16.6. The molecular formula is C11H9N2O3+. The van der Waals surface area contributed by atoms with Crippen LogP contribution in [0.15, 0.2) is 42.6 Å². The summed E-state index contributed by atoms with van der Waals surface area (Å²) in [7, 11) is 0. The van der Waals surface area contributed by atoms with E-state index in [9.17, 15) is 15.2 Å². The molecule has 1 heterocycles. The van der Waals surface area contributed by atoms with Crippen LogP contribution in [0.25, 0.3) is 11.3 Å². The molecule has 2 N–H and O–H groups in total. The molecule has 16 heavy (non-hydrogen) atoms. The summed E-state index contributed by atoms with van der Waals surface area (Å²) in [5.74, 6) is 0.108. The van der Waals surface area contributed by atoms with Crippen LogP contribution in [-0.4, -0.2) is 10.0 Å². The molecule has 0 aliphatic carbocycles. The first-order chi connectivity index (χ1) is 7.68. The summed E-state index contributed by atoms with van der Waals surface area (Å²) in [6.45, 7) is 0. The molecule has 0 saturated carbocycles. The maximum absolute atomic E-state index is 10.5. The molecule has 0 spiro atoms. The number of nitrogens with one attached hydrogen (secondary N) is 1. The van der Waals surface area contributed by atoms with E-state index in [1.165, 1.54) is 12.1 Å². The highest BCUT2D eigenvalue weighted by Crippen LogP contribution is 2.25. The normalized spacial score (nSPS) is 10.0. The van der Waals surface area contributed by atoms with E-state index >= 15 is 0 Å². The fourth-order valence-corrected chi connectivity index (χ4v) is 1.41. The average molecular weight is 217 g/mol. The van der Waals surface area contributed by atoms with Crippen molar-refractivity contribution in [1.29, 1.82) is 0 Å². The molecule has 0 atom stereocenters. The zero-order valence-corrected chi connectivity index (χ0v) is 8.25. The summed E-state index contributed by atoms with van der Waals surface area (Å²) in [4.78, 5) is 12.9. The van der Waals surface area contributed by atoms with Crippen LogP contribution in [0.3, 0.4) is 0 Å². The van der Waals surface area contributed by atoms with E-state index < -0.39 is 4.92 Å². The number of aromatic amines is 1. The lowest BCUT2D eigenvalue weighted by Crippen LogP contribution is -2.04. The molecular weight excluding hydrogens is 208 g/mol. The van der Waals surface area contributed by atoms with Gasteiger partial charge < -0.3 is 5.11 Å². The van der Waals surface area contributed by atoms with Crippen LogP contribution in [0.4, 0.5) is 5.69 Å². The van der Waals surface area contributed by atoms with Gasteiger partial charge in [-0.15, -0.1) is 0 Å². The maximum Gasteiger partial charge on any atom is 0.269 e. The number of rotatable bonds is 2. The van der Waals surface area contributed by atoms with Gasteiger partial charge in [0.2, 0.25) is 0 Å². The number of nitro groups is 1. The van der Waals surface area contributed by atoms with Gasteiger partial charge in [0.25, 0.3) is 11.4 Å². The Morgan fingerprint density at radius 2 is 1.88 bits per heavy atom. The Kier molecular flexibility index (Phi) is 2.51. The molecule has 2 aromatic rings. The zero-order chi connectivity index (χ0) is 11.5. The van der Waals surface area contributed by atoms with Gasteiger partial charge in [0, 0.05) is 18.2 Å². The predicted molar refractivity (Wildman–Crippen MR) is 56.8 cm³/mol. The molecule has 0 aliphatic rings. The number of pyridine rings is 1. The molecule has 0 bridgehead atoms. The van der Waals surface area contributed by atoms with Crippen molar-refractivity contribution in [1.82, 2.24) is 0 Å². The fraction of sp³-hybridized carbons (Fsp3) is 0. The number of non-ortho nitro benzene ring substituents is 1. The molecule has 0 fully saturated rings. The van der Waals surface area contributed by atoms with E-state index in [-0.39, 0.29) is 11.4 Å². The van der Waals surface area contributed by atoms with Crippen LogP contribution in [-0.2, 0) is 0 Å². The highest BCUT2D eigenvalue weighted by Gasteiger charge is 2.12. The van der Waals surface area contributed by atoms with Gasteiger partial charge in [-0.05, 0) is 18.2 Å². The molecule has 5 nitrogen and oxygen atoms in total. The van der Waals surface area contributed by atoms with Gasteiger partial charge in [-0.3, -0.25) is 10.1 Å². The summed E-state index contributed by atoms with van der Waals surface area (Å²) >= 11 is 0. The first-order valence-electron chi connectivity index (χ1n) is 4.63. The number of hydrogen-bond acceptors (Lipinski definition) is 3. The number of benzene rings is 1. The van der Waals surface area contributed by atoms with Crippen molar-refractivity contribution in [2.45, 2.75) is 0 Å². The second kappa shape index (κ2) is 3.98. The van der Waals surface area contributed by atoms with E-state index in [0.717, 1.165) is 0 Å². The Morgan fingerprint density at radius 1 is 1.19 bits per heavy atom. The molecule has 1 aromatic carbocycles. The third kappa shape index (κ3) is 1.83. The lowest BCUT2D eigenvalue weighted by atomic mass is 10.1. The highest BCUT2D eigenvalue weighted by molar-refractivity contribution is 5.63. The molecule has 0 aliphatic heterocycles. The number of nitro benzene ring substituents is 1. The van der Waals surface area contributed by atoms with Gasteiger partial charge in [-0.2, -0.15) is 0 Å². The number of nitrogens with zero attached hydrogens (tertiary/aromatic N) is 1. The summed E-state index contributed by atoms with van der Waals surface area (Å²) in [5.41, 5.74) is 1.26. The van der Waals surface area contributed by atoms with E-state index in [1.54, 1.807) is 30.5 Å². The monoisotopic (exact) mass is 217 g/mol. The number of H-pyrrole nitrogens is 1. The quantitative estimate of drug-likeness (QED) is 0.615. The number of aromatic nitrogens is 1. The average Bonchev–Trinajstić information content (AvgIpc) is 2.30. The van der Waals surface area contributed by atoms with Gasteiger partial charge >= 0.3 is 0 Å². The summed E-state index contributed by atoms with van der Waals surface area (Å²) < 4.78 is 0. The minimum absolute atomic E-state index is 0.0270. The van der Waals surface area contributed by atoms with Gasteiger partial charge in [0.05, 0.1) is 10.5 Å². The largest absolute Gasteiger partial charge is 0.502 e. The third-order valence-corrected chi connectivity index (χ3v) is 2.20. The van der Waals surface area contributed by atoms with Crippen molar-refractivity contribution in [2.75, 3.05) is 0 Å². The lowest BCUT2D eigenvalue weighted by Gasteiger charge is -1.97. The van der Waals surface area contributed by atoms with E-state index in [0.29, 0.717) is 11.3 Å². The van der Waals surface area contributed by atoms with Crippen LogP contribution < -0.4 is 4.98 Å². The second-order valence-electron chi connectivity index (χ2n) is 3.23. The van der Waals surface area contributed by atoms with E-state index in [2.05, 4.69) is 4.98 Å². The smallest absolute Gasteiger partial charge is 0.269 e. The minimum Gasteiger partial charge on any atom is -0.502 e. The van der Waals surface area contributed by atoms with Crippen molar-refractivity contribution >= 4 is 5.69 Å².